The van der Waals surface area contributed by atoms with Crippen LogP contribution in [0.5, 0.6) is 0 Å². The van der Waals surface area contributed by atoms with E-state index >= 15 is 0 Å². The van der Waals surface area contributed by atoms with E-state index in [4.69, 9.17) is 0 Å². The van der Waals surface area contributed by atoms with Crippen LogP contribution in [-0.2, 0) is 4.79 Å². The minimum atomic E-state index is 0.00193. The smallest absolute Gasteiger partial charge is 0.220 e. The molecule has 19 heavy (non-hydrogen) atoms. The van der Waals surface area contributed by atoms with Gasteiger partial charge < -0.3 is 10.6 Å². The standard InChI is InChI=1S/C14H18N2OS2/c1-15-8-2-7-13(17)16-14(11-5-3-9-18-11)12-6-4-10-19-12/h3-6,9-10,14-15H,2,7-8H2,1H3,(H,16,17). The van der Waals surface area contributed by atoms with Crippen molar-refractivity contribution >= 4 is 28.6 Å². The first-order chi connectivity index (χ1) is 9.31. The minimum absolute atomic E-state index is 0.00193. The van der Waals surface area contributed by atoms with Gasteiger partial charge in [0.2, 0.25) is 5.91 Å². The Hall–Kier alpha value is -1.17. The summed E-state index contributed by atoms with van der Waals surface area (Å²) in [7, 11) is 1.90. The topological polar surface area (TPSA) is 41.1 Å². The van der Waals surface area contributed by atoms with Crippen LogP contribution < -0.4 is 10.6 Å². The molecule has 3 nitrogen and oxygen atoms in total. The molecule has 2 heterocycles. The molecule has 0 fully saturated rings. The summed E-state index contributed by atoms with van der Waals surface area (Å²) >= 11 is 3.36. The van der Waals surface area contributed by atoms with Crippen LogP contribution in [0.1, 0.15) is 28.6 Å². The van der Waals surface area contributed by atoms with Crippen molar-refractivity contribution in [1.29, 1.82) is 0 Å². The number of rotatable bonds is 7. The van der Waals surface area contributed by atoms with Crippen molar-refractivity contribution in [3.63, 3.8) is 0 Å². The molecule has 1 amide bonds. The lowest BCUT2D eigenvalue weighted by molar-refractivity contribution is -0.121. The molecule has 0 aromatic carbocycles. The van der Waals surface area contributed by atoms with E-state index in [1.54, 1.807) is 22.7 Å². The van der Waals surface area contributed by atoms with Gasteiger partial charge in [0.1, 0.15) is 0 Å². The van der Waals surface area contributed by atoms with Gasteiger partial charge in [0.25, 0.3) is 0 Å². The SMILES string of the molecule is CNCCCC(=O)NC(c1cccs1)c1cccs1. The zero-order valence-corrected chi connectivity index (χ0v) is 12.5. The molecule has 5 heteroatoms. The van der Waals surface area contributed by atoms with Gasteiger partial charge in [-0.05, 0) is 42.9 Å². The number of thiophene rings is 2. The van der Waals surface area contributed by atoms with Crippen molar-refractivity contribution in [2.75, 3.05) is 13.6 Å². The molecule has 0 bridgehead atoms. The van der Waals surface area contributed by atoms with Crippen LogP contribution in [0.3, 0.4) is 0 Å². The van der Waals surface area contributed by atoms with Crippen molar-refractivity contribution in [3.05, 3.63) is 44.8 Å². The van der Waals surface area contributed by atoms with E-state index in [0.717, 1.165) is 13.0 Å². The van der Waals surface area contributed by atoms with E-state index in [-0.39, 0.29) is 11.9 Å². The Labute approximate surface area is 121 Å². The molecule has 0 saturated carbocycles. The second kappa shape index (κ2) is 7.43. The van der Waals surface area contributed by atoms with Crippen molar-refractivity contribution in [2.24, 2.45) is 0 Å². The highest BCUT2D eigenvalue weighted by Gasteiger charge is 2.18. The Morgan fingerprint density at radius 1 is 1.21 bits per heavy atom. The average Bonchev–Trinajstić information content (AvgIpc) is 3.09. The summed E-state index contributed by atoms with van der Waals surface area (Å²) in [6, 6.07) is 8.19. The molecular weight excluding hydrogens is 276 g/mol. The lowest BCUT2D eigenvalue weighted by Crippen LogP contribution is -2.28. The molecule has 0 aliphatic carbocycles. The summed E-state index contributed by atoms with van der Waals surface area (Å²) in [5.41, 5.74) is 0. The van der Waals surface area contributed by atoms with Crippen molar-refractivity contribution in [1.82, 2.24) is 10.6 Å². The molecule has 2 rings (SSSR count). The van der Waals surface area contributed by atoms with E-state index < -0.39 is 0 Å². The molecule has 0 atom stereocenters. The van der Waals surface area contributed by atoms with Crippen molar-refractivity contribution < 1.29 is 4.79 Å². The quantitative estimate of drug-likeness (QED) is 0.771. The van der Waals surface area contributed by atoms with Crippen LogP contribution in [0, 0.1) is 0 Å². The predicted octanol–water partition coefficient (Wildman–Crippen LogP) is 3.01. The Kier molecular flexibility index (Phi) is 5.57. The van der Waals surface area contributed by atoms with Gasteiger partial charge in [0, 0.05) is 16.2 Å². The Balaban J connectivity index is 2.01. The summed E-state index contributed by atoms with van der Waals surface area (Å²) in [5.74, 6) is 0.113. The van der Waals surface area contributed by atoms with Crippen molar-refractivity contribution in [2.45, 2.75) is 18.9 Å². The maximum absolute atomic E-state index is 12.0. The zero-order valence-electron chi connectivity index (χ0n) is 10.9. The number of amides is 1. The summed E-state index contributed by atoms with van der Waals surface area (Å²) in [5, 5.41) is 10.3. The first-order valence-electron chi connectivity index (χ1n) is 6.32. The van der Waals surface area contributed by atoms with E-state index in [9.17, 15) is 4.79 Å². The van der Waals surface area contributed by atoms with Crippen LogP contribution in [-0.4, -0.2) is 19.5 Å². The molecule has 0 spiro atoms. The van der Waals surface area contributed by atoms with Crippen LogP contribution in [0.25, 0.3) is 0 Å². The summed E-state index contributed by atoms with van der Waals surface area (Å²) in [6.07, 6.45) is 1.43. The zero-order chi connectivity index (χ0) is 13.5. The highest BCUT2D eigenvalue weighted by Crippen LogP contribution is 2.29. The van der Waals surface area contributed by atoms with Gasteiger partial charge in [-0.2, -0.15) is 0 Å². The number of carbonyl (C=O) groups excluding carboxylic acids is 1. The largest absolute Gasteiger partial charge is 0.344 e. The third-order valence-electron chi connectivity index (χ3n) is 2.79. The fraction of sp³-hybridized carbons (Fsp3) is 0.357. The Morgan fingerprint density at radius 3 is 2.32 bits per heavy atom. The molecule has 0 radical (unpaired) electrons. The maximum Gasteiger partial charge on any atom is 0.220 e. The van der Waals surface area contributed by atoms with Gasteiger partial charge >= 0.3 is 0 Å². The van der Waals surface area contributed by atoms with Crippen LogP contribution >= 0.6 is 22.7 Å². The molecule has 2 N–H and O–H groups in total. The van der Waals surface area contributed by atoms with Gasteiger partial charge in [-0.15, -0.1) is 22.7 Å². The average molecular weight is 294 g/mol. The molecule has 0 unspecified atom stereocenters. The first-order valence-corrected chi connectivity index (χ1v) is 8.08. The molecule has 2 aromatic heterocycles. The van der Waals surface area contributed by atoms with Gasteiger partial charge in [0.15, 0.2) is 0 Å². The van der Waals surface area contributed by atoms with E-state index in [0.29, 0.717) is 6.42 Å². The third-order valence-corrected chi connectivity index (χ3v) is 4.67. The van der Waals surface area contributed by atoms with E-state index in [1.165, 1.54) is 9.75 Å². The molecule has 102 valence electrons. The van der Waals surface area contributed by atoms with Crippen molar-refractivity contribution in [3.8, 4) is 0 Å². The monoisotopic (exact) mass is 294 g/mol. The van der Waals surface area contributed by atoms with Gasteiger partial charge in [-0.3, -0.25) is 4.79 Å². The highest BCUT2D eigenvalue weighted by molar-refractivity contribution is 7.11. The fourth-order valence-electron chi connectivity index (χ4n) is 1.85. The van der Waals surface area contributed by atoms with Crippen LogP contribution in [0.4, 0.5) is 0 Å². The normalized spacial score (nSPS) is 10.8. The summed E-state index contributed by atoms with van der Waals surface area (Å²) in [6.45, 7) is 0.871. The van der Waals surface area contributed by atoms with Gasteiger partial charge in [-0.1, -0.05) is 12.1 Å². The second-order valence-electron chi connectivity index (χ2n) is 4.24. The number of nitrogens with one attached hydrogen (secondary N) is 2. The van der Waals surface area contributed by atoms with Crippen LogP contribution in [0.15, 0.2) is 35.0 Å². The molecule has 0 saturated heterocycles. The first kappa shape index (κ1) is 14.2. The Bertz CT molecular complexity index is 445. The number of hydrogen-bond acceptors (Lipinski definition) is 4. The maximum atomic E-state index is 12.0. The third kappa shape index (κ3) is 4.16. The number of hydrogen-bond donors (Lipinski definition) is 2. The summed E-state index contributed by atoms with van der Waals surface area (Å²) in [4.78, 5) is 14.4. The number of carbonyl (C=O) groups is 1. The van der Waals surface area contributed by atoms with E-state index in [2.05, 4.69) is 22.8 Å². The fourth-order valence-corrected chi connectivity index (χ4v) is 3.51. The summed E-state index contributed by atoms with van der Waals surface area (Å²) < 4.78 is 0. The van der Waals surface area contributed by atoms with E-state index in [1.807, 2.05) is 29.9 Å². The minimum Gasteiger partial charge on any atom is -0.344 e. The van der Waals surface area contributed by atoms with Gasteiger partial charge in [0.05, 0.1) is 6.04 Å². The predicted molar refractivity (Wildman–Crippen MR) is 81.8 cm³/mol. The highest BCUT2D eigenvalue weighted by atomic mass is 32.1. The lowest BCUT2D eigenvalue weighted by atomic mass is 10.2. The second-order valence-corrected chi connectivity index (χ2v) is 6.20. The molecule has 0 aliphatic rings. The Morgan fingerprint density at radius 2 is 1.84 bits per heavy atom. The molecule has 0 aliphatic heterocycles. The molecular formula is C14H18N2OS2. The lowest BCUT2D eigenvalue weighted by Gasteiger charge is -2.16. The molecule has 2 aromatic rings. The van der Waals surface area contributed by atoms with Crippen LogP contribution in [0.2, 0.25) is 0 Å². The van der Waals surface area contributed by atoms with Gasteiger partial charge in [-0.25, -0.2) is 0 Å².